The van der Waals surface area contributed by atoms with Crippen LogP contribution in [-0.2, 0) is 6.61 Å². The van der Waals surface area contributed by atoms with Crippen molar-refractivity contribution in [1.29, 1.82) is 0 Å². The number of carbonyl (C=O) groups is 1. The van der Waals surface area contributed by atoms with E-state index in [1.54, 1.807) is 24.3 Å². The van der Waals surface area contributed by atoms with Gasteiger partial charge in [0.25, 0.3) is 11.5 Å². The molecule has 0 aliphatic carbocycles. The van der Waals surface area contributed by atoms with Gasteiger partial charge in [-0.1, -0.05) is 29.8 Å². The van der Waals surface area contributed by atoms with E-state index in [9.17, 15) is 9.59 Å². The zero-order valence-corrected chi connectivity index (χ0v) is 15.8. The molecule has 138 valence electrons. The lowest BCUT2D eigenvalue weighted by Crippen LogP contribution is -2.32. The number of anilines is 1. The summed E-state index contributed by atoms with van der Waals surface area (Å²) in [4.78, 5) is 30.6. The van der Waals surface area contributed by atoms with Crippen molar-refractivity contribution in [3.05, 3.63) is 98.4 Å². The van der Waals surface area contributed by atoms with Crippen molar-refractivity contribution in [3.63, 3.8) is 0 Å². The highest BCUT2D eigenvalue weighted by atomic mass is 35.5. The molecule has 0 unspecified atom stereocenters. The Morgan fingerprint density at radius 3 is 2.52 bits per heavy atom. The number of aryl methyl sites for hydroxylation is 2. The Hall–Kier alpha value is -3.05. The summed E-state index contributed by atoms with van der Waals surface area (Å²) in [5.74, 6) is -0.481. The van der Waals surface area contributed by atoms with Gasteiger partial charge in [0.1, 0.15) is 12.2 Å². The largest absolute Gasteiger partial charge is 0.406 e. The van der Waals surface area contributed by atoms with Crippen LogP contribution < -0.4 is 15.7 Å². The molecule has 1 heterocycles. The average molecular weight is 383 g/mol. The van der Waals surface area contributed by atoms with Gasteiger partial charge in [-0.25, -0.2) is 0 Å². The van der Waals surface area contributed by atoms with Crippen LogP contribution in [0, 0.1) is 13.8 Å². The third kappa shape index (κ3) is 4.77. The summed E-state index contributed by atoms with van der Waals surface area (Å²) in [6.45, 7) is 4.05. The highest BCUT2D eigenvalue weighted by molar-refractivity contribution is 6.30. The van der Waals surface area contributed by atoms with Gasteiger partial charge in [0.2, 0.25) is 0 Å². The highest BCUT2D eigenvalue weighted by Crippen LogP contribution is 2.14. The SMILES string of the molecule is Cc1cc(C)cc(NC(=O)c2cccn(OCc3cccc(Cl)c3)c2=O)c1. The van der Waals surface area contributed by atoms with Gasteiger partial charge in [-0.15, -0.1) is 0 Å². The number of nitrogens with one attached hydrogen (secondary N) is 1. The van der Waals surface area contributed by atoms with Crippen LogP contribution in [0.4, 0.5) is 5.69 Å². The van der Waals surface area contributed by atoms with Crippen LogP contribution in [0.2, 0.25) is 5.02 Å². The molecule has 0 radical (unpaired) electrons. The number of halogens is 1. The van der Waals surface area contributed by atoms with Crippen LogP contribution in [0.15, 0.2) is 65.6 Å². The number of benzene rings is 2. The predicted molar refractivity (Wildman–Crippen MR) is 106 cm³/mol. The molecule has 1 amide bonds. The van der Waals surface area contributed by atoms with Crippen molar-refractivity contribution in [2.75, 3.05) is 5.32 Å². The van der Waals surface area contributed by atoms with Crippen molar-refractivity contribution in [2.45, 2.75) is 20.5 Å². The van der Waals surface area contributed by atoms with Gasteiger partial charge >= 0.3 is 0 Å². The van der Waals surface area contributed by atoms with Crippen molar-refractivity contribution in [2.24, 2.45) is 0 Å². The first-order chi connectivity index (χ1) is 12.9. The standard InChI is InChI=1S/C21H19ClN2O3/c1-14-9-15(2)11-18(10-14)23-20(25)19-7-4-8-24(21(19)26)27-13-16-5-3-6-17(22)12-16/h3-12H,13H2,1-2H3,(H,23,25). The van der Waals surface area contributed by atoms with E-state index < -0.39 is 11.5 Å². The summed E-state index contributed by atoms with van der Waals surface area (Å²) in [6, 6.07) is 15.9. The van der Waals surface area contributed by atoms with Crippen LogP contribution in [0.25, 0.3) is 0 Å². The Kier molecular flexibility index (Phi) is 5.62. The normalized spacial score (nSPS) is 10.5. The number of hydrogen-bond donors (Lipinski definition) is 1. The predicted octanol–water partition coefficient (Wildman–Crippen LogP) is 4.00. The zero-order chi connectivity index (χ0) is 19.4. The number of rotatable bonds is 5. The van der Waals surface area contributed by atoms with Crippen LogP contribution in [0.1, 0.15) is 27.0 Å². The van der Waals surface area contributed by atoms with Gasteiger partial charge in [0.05, 0.1) is 0 Å². The van der Waals surface area contributed by atoms with E-state index in [2.05, 4.69) is 5.32 Å². The highest BCUT2D eigenvalue weighted by Gasteiger charge is 2.13. The van der Waals surface area contributed by atoms with Gasteiger partial charge in [0, 0.05) is 16.9 Å². The lowest BCUT2D eigenvalue weighted by Gasteiger charge is -2.11. The molecule has 0 aliphatic rings. The molecule has 2 aromatic carbocycles. The zero-order valence-electron chi connectivity index (χ0n) is 15.0. The summed E-state index contributed by atoms with van der Waals surface area (Å²) in [7, 11) is 0. The molecule has 3 rings (SSSR count). The second-order valence-electron chi connectivity index (χ2n) is 6.29. The Morgan fingerprint density at radius 1 is 1.07 bits per heavy atom. The monoisotopic (exact) mass is 382 g/mol. The van der Waals surface area contributed by atoms with Crippen LogP contribution in [-0.4, -0.2) is 10.6 Å². The smallest absolute Gasteiger partial charge is 0.295 e. The fraction of sp³-hybridized carbons (Fsp3) is 0.143. The number of carbonyl (C=O) groups excluding carboxylic acids is 1. The molecule has 27 heavy (non-hydrogen) atoms. The van der Waals surface area contributed by atoms with E-state index in [4.69, 9.17) is 16.4 Å². The van der Waals surface area contributed by atoms with E-state index in [0.717, 1.165) is 21.4 Å². The summed E-state index contributed by atoms with van der Waals surface area (Å²) in [5.41, 5.74) is 3.00. The molecule has 0 spiro atoms. The van der Waals surface area contributed by atoms with Crippen molar-refractivity contribution in [1.82, 2.24) is 4.73 Å². The quantitative estimate of drug-likeness (QED) is 0.725. The summed E-state index contributed by atoms with van der Waals surface area (Å²) < 4.78 is 1.05. The topological polar surface area (TPSA) is 60.3 Å². The van der Waals surface area contributed by atoms with E-state index in [-0.39, 0.29) is 12.2 Å². The Bertz CT molecular complexity index is 1020. The van der Waals surface area contributed by atoms with Gasteiger partial charge in [-0.3, -0.25) is 9.59 Å². The minimum atomic E-state index is -0.526. The maximum Gasteiger partial charge on any atom is 0.295 e. The molecule has 1 aromatic heterocycles. The molecule has 3 aromatic rings. The first-order valence-corrected chi connectivity index (χ1v) is 8.79. The van der Waals surface area contributed by atoms with E-state index in [1.165, 1.54) is 12.3 Å². The molecule has 0 fully saturated rings. The van der Waals surface area contributed by atoms with E-state index in [1.807, 2.05) is 38.1 Å². The molecule has 5 nitrogen and oxygen atoms in total. The van der Waals surface area contributed by atoms with Crippen LogP contribution in [0.3, 0.4) is 0 Å². The molecule has 0 saturated carbocycles. The van der Waals surface area contributed by atoms with Crippen LogP contribution in [0.5, 0.6) is 0 Å². The molecule has 0 bridgehead atoms. The summed E-state index contributed by atoms with van der Waals surface area (Å²) in [6.07, 6.45) is 1.47. The molecular weight excluding hydrogens is 364 g/mol. The van der Waals surface area contributed by atoms with Crippen LogP contribution >= 0.6 is 11.6 Å². The minimum Gasteiger partial charge on any atom is -0.406 e. The molecule has 0 saturated heterocycles. The van der Waals surface area contributed by atoms with Crippen molar-refractivity contribution in [3.8, 4) is 0 Å². The van der Waals surface area contributed by atoms with Crippen molar-refractivity contribution >= 4 is 23.2 Å². The van der Waals surface area contributed by atoms with Gasteiger partial charge in [-0.2, -0.15) is 4.73 Å². The fourth-order valence-electron chi connectivity index (χ4n) is 2.77. The van der Waals surface area contributed by atoms with Crippen molar-refractivity contribution < 1.29 is 9.63 Å². The second-order valence-corrected chi connectivity index (χ2v) is 6.72. The first-order valence-electron chi connectivity index (χ1n) is 8.41. The Labute approximate surface area is 162 Å². The Morgan fingerprint density at radius 2 is 1.81 bits per heavy atom. The summed E-state index contributed by atoms with van der Waals surface area (Å²) >= 11 is 5.95. The maximum atomic E-state index is 12.6. The average Bonchev–Trinajstić information content (AvgIpc) is 2.60. The minimum absolute atomic E-state index is 0.00255. The maximum absolute atomic E-state index is 12.6. The third-order valence-electron chi connectivity index (χ3n) is 3.90. The van der Waals surface area contributed by atoms with Gasteiger partial charge in [0.15, 0.2) is 0 Å². The lowest BCUT2D eigenvalue weighted by atomic mass is 10.1. The number of hydrogen-bond acceptors (Lipinski definition) is 3. The number of amides is 1. The molecular formula is C21H19ClN2O3. The number of aromatic nitrogens is 1. The summed E-state index contributed by atoms with van der Waals surface area (Å²) in [5, 5.41) is 3.35. The molecule has 0 aliphatic heterocycles. The van der Waals surface area contributed by atoms with E-state index in [0.29, 0.717) is 10.7 Å². The second kappa shape index (κ2) is 8.10. The van der Waals surface area contributed by atoms with Gasteiger partial charge < -0.3 is 10.2 Å². The Balaban J connectivity index is 1.77. The first kappa shape index (κ1) is 18.7. The molecule has 1 N–H and O–H groups in total. The lowest BCUT2D eigenvalue weighted by molar-refractivity contribution is 0.0863. The molecule has 0 atom stereocenters. The third-order valence-corrected chi connectivity index (χ3v) is 4.13. The molecule has 6 heteroatoms. The fourth-order valence-corrected chi connectivity index (χ4v) is 2.98. The number of pyridine rings is 1. The van der Waals surface area contributed by atoms with Gasteiger partial charge in [-0.05, 0) is 66.9 Å². The number of nitrogens with zero attached hydrogens (tertiary/aromatic N) is 1. The van der Waals surface area contributed by atoms with E-state index >= 15 is 0 Å².